The maximum absolute atomic E-state index is 5.63. The lowest BCUT2D eigenvalue weighted by Crippen LogP contribution is -2.22. The van der Waals surface area contributed by atoms with E-state index in [9.17, 15) is 0 Å². The van der Waals surface area contributed by atoms with Gasteiger partial charge >= 0.3 is 0 Å². The van der Waals surface area contributed by atoms with Gasteiger partial charge in [0.05, 0.1) is 6.04 Å². The molecule has 1 unspecified atom stereocenters. The van der Waals surface area contributed by atoms with Gasteiger partial charge in [0, 0.05) is 10.5 Å². The summed E-state index contributed by atoms with van der Waals surface area (Å²) in [6, 6.07) is 12.9. The van der Waals surface area contributed by atoms with Crippen LogP contribution < -0.4 is 5.32 Å². The Labute approximate surface area is 117 Å². The van der Waals surface area contributed by atoms with E-state index in [1.807, 2.05) is 25.1 Å². The Morgan fingerprint density at radius 1 is 1.11 bits per heavy atom. The summed E-state index contributed by atoms with van der Waals surface area (Å²) >= 11 is 3.50. The summed E-state index contributed by atoms with van der Waals surface area (Å²) in [5.74, 6) is 1.93. The standard InChI is InChI=1S/C15H18BrNO/c1-10-7-8-15(18-10)12(3)17-11(2)13-5-4-6-14(16)9-13/h4-9,11-12,17H,1-3H3/t11-,12?/m0/s1. The summed E-state index contributed by atoms with van der Waals surface area (Å²) in [7, 11) is 0. The molecule has 3 heteroatoms. The monoisotopic (exact) mass is 307 g/mol. The van der Waals surface area contributed by atoms with Gasteiger partial charge in [0.25, 0.3) is 0 Å². The summed E-state index contributed by atoms with van der Waals surface area (Å²) in [4.78, 5) is 0. The maximum Gasteiger partial charge on any atom is 0.120 e. The largest absolute Gasteiger partial charge is 0.465 e. The predicted octanol–water partition coefficient (Wildman–Crippen LogP) is 4.76. The number of hydrogen-bond acceptors (Lipinski definition) is 2. The lowest BCUT2D eigenvalue weighted by atomic mass is 10.1. The molecule has 1 N–H and O–H groups in total. The van der Waals surface area contributed by atoms with Crippen molar-refractivity contribution in [2.24, 2.45) is 0 Å². The summed E-state index contributed by atoms with van der Waals surface area (Å²) in [5, 5.41) is 3.54. The molecule has 96 valence electrons. The van der Waals surface area contributed by atoms with Gasteiger partial charge < -0.3 is 9.73 Å². The van der Waals surface area contributed by atoms with Gasteiger partial charge in [0.15, 0.2) is 0 Å². The molecule has 2 aromatic rings. The molecule has 1 aromatic heterocycles. The van der Waals surface area contributed by atoms with Crippen molar-refractivity contribution in [1.82, 2.24) is 5.32 Å². The van der Waals surface area contributed by atoms with Gasteiger partial charge in [-0.3, -0.25) is 0 Å². The molecule has 0 saturated heterocycles. The molecule has 0 aliphatic heterocycles. The number of nitrogens with one attached hydrogen (secondary N) is 1. The van der Waals surface area contributed by atoms with Crippen molar-refractivity contribution < 1.29 is 4.42 Å². The van der Waals surface area contributed by atoms with Crippen LogP contribution >= 0.6 is 15.9 Å². The molecule has 2 nitrogen and oxygen atoms in total. The van der Waals surface area contributed by atoms with Crippen molar-refractivity contribution in [1.29, 1.82) is 0 Å². The summed E-state index contributed by atoms with van der Waals surface area (Å²) in [6.45, 7) is 6.24. The minimum absolute atomic E-state index is 0.202. The van der Waals surface area contributed by atoms with E-state index in [0.717, 1.165) is 16.0 Å². The van der Waals surface area contributed by atoms with Crippen molar-refractivity contribution in [3.63, 3.8) is 0 Å². The molecule has 0 aliphatic carbocycles. The highest BCUT2D eigenvalue weighted by atomic mass is 79.9. The fourth-order valence-electron chi connectivity index (χ4n) is 2.02. The molecule has 1 heterocycles. The molecule has 0 aliphatic rings. The zero-order valence-corrected chi connectivity index (χ0v) is 12.5. The summed E-state index contributed by atoms with van der Waals surface area (Å²) in [6.07, 6.45) is 0. The van der Waals surface area contributed by atoms with Crippen molar-refractivity contribution >= 4 is 15.9 Å². The number of rotatable bonds is 4. The third kappa shape index (κ3) is 3.24. The first kappa shape index (κ1) is 13.4. The molecule has 0 fully saturated rings. The Bertz CT molecular complexity index is 521. The molecule has 0 saturated carbocycles. The average Bonchev–Trinajstić information content (AvgIpc) is 2.76. The zero-order chi connectivity index (χ0) is 13.1. The van der Waals surface area contributed by atoms with Crippen molar-refractivity contribution in [3.8, 4) is 0 Å². The molecular weight excluding hydrogens is 290 g/mol. The van der Waals surface area contributed by atoms with Gasteiger partial charge in [-0.25, -0.2) is 0 Å². The quantitative estimate of drug-likeness (QED) is 0.880. The second kappa shape index (κ2) is 5.72. The van der Waals surface area contributed by atoms with Crippen LogP contribution in [-0.4, -0.2) is 0 Å². The Hall–Kier alpha value is -1.06. The minimum Gasteiger partial charge on any atom is -0.465 e. The number of benzene rings is 1. The van der Waals surface area contributed by atoms with E-state index in [1.165, 1.54) is 5.56 Å². The molecule has 0 bridgehead atoms. The maximum atomic E-state index is 5.63. The molecule has 0 radical (unpaired) electrons. The first-order valence-electron chi connectivity index (χ1n) is 6.14. The SMILES string of the molecule is Cc1ccc(C(C)N[C@@H](C)c2cccc(Br)c2)o1. The Morgan fingerprint density at radius 2 is 1.89 bits per heavy atom. The van der Waals surface area contributed by atoms with Crippen LogP contribution in [0.2, 0.25) is 0 Å². The van der Waals surface area contributed by atoms with Crippen molar-refractivity contribution in [2.75, 3.05) is 0 Å². The molecule has 0 amide bonds. The van der Waals surface area contributed by atoms with E-state index in [-0.39, 0.29) is 12.1 Å². The average molecular weight is 308 g/mol. The van der Waals surface area contributed by atoms with Crippen LogP contribution in [0.5, 0.6) is 0 Å². The summed E-state index contributed by atoms with van der Waals surface area (Å²) in [5.41, 5.74) is 1.26. The normalized spacial score (nSPS) is 14.4. The second-order valence-electron chi connectivity index (χ2n) is 4.61. The van der Waals surface area contributed by atoms with Crippen molar-refractivity contribution in [3.05, 3.63) is 58.0 Å². The summed E-state index contributed by atoms with van der Waals surface area (Å²) < 4.78 is 6.74. The number of hydrogen-bond donors (Lipinski definition) is 1. The van der Waals surface area contributed by atoms with Crippen LogP contribution in [0.3, 0.4) is 0 Å². The zero-order valence-electron chi connectivity index (χ0n) is 10.9. The highest BCUT2D eigenvalue weighted by molar-refractivity contribution is 9.10. The van der Waals surface area contributed by atoms with Crippen LogP contribution in [0.15, 0.2) is 45.3 Å². The van der Waals surface area contributed by atoms with Crippen LogP contribution in [0.1, 0.15) is 43.0 Å². The van der Waals surface area contributed by atoms with E-state index in [2.05, 4.69) is 53.3 Å². The third-order valence-corrected chi connectivity index (χ3v) is 3.53. The third-order valence-electron chi connectivity index (χ3n) is 3.04. The van der Waals surface area contributed by atoms with E-state index in [4.69, 9.17) is 4.42 Å². The van der Waals surface area contributed by atoms with Gasteiger partial charge in [-0.2, -0.15) is 0 Å². The van der Waals surface area contributed by atoms with Crippen LogP contribution in [-0.2, 0) is 0 Å². The number of aryl methyl sites for hydroxylation is 1. The second-order valence-corrected chi connectivity index (χ2v) is 5.53. The number of halogens is 1. The minimum atomic E-state index is 0.202. The lowest BCUT2D eigenvalue weighted by molar-refractivity contribution is 0.392. The Kier molecular flexibility index (Phi) is 4.25. The highest BCUT2D eigenvalue weighted by Crippen LogP contribution is 2.22. The van der Waals surface area contributed by atoms with Crippen LogP contribution in [0.4, 0.5) is 0 Å². The molecule has 2 rings (SSSR count). The van der Waals surface area contributed by atoms with Gasteiger partial charge in [0.2, 0.25) is 0 Å². The number of furan rings is 1. The van der Waals surface area contributed by atoms with E-state index in [0.29, 0.717) is 0 Å². The van der Waals surface area contributed by atoms with E-state index < -0.39 is 0 Å². The van der Waals surface area contributed by atoms with Crippen molar-refractivity contribution in [2.45, 2.75) is 32.9 Å². The molecular formula is C15H18BrNO. The Morgan fingerprint density at radius 3 is 2.50 bits per heavy atom. The van der Waals surface area contributed by atoms with Crippen LogP contribution in [0, 0.1) is 6.92 Å². The highest BCUT2D eigenvalue weighted by Gasteiger charge is 2.13. The topological polar surface area (TPSA) is 25.2 Å². The molecule has 18 heavy (non-hydrogen) atoms. The lowest BCUT2D eigenvalue weighted by Gasteiger charge is -2.19. The Balaban J connectivity index is 2.05. The fraction of sp³-hybridized carbons (Fsp3) is 0.333. The van der Waals surface area contributed by atoms with Gasteiger partial charge in [-0.1, -0.05) is 28.1 Å². The van der Waals surface area contributed by atoms with E-state index in [1.54, 1.807) is 0 Å². The van der Waals surface area contributed by atoms with Gasteiger partial charge in [-0.15, -0.1) is 0 Å². The van der Waals surface area contributed by atoms with E-state index >= 15 is 0 Å². The van der Waals surface area contributed by atoms with Gasteiger partial charge in [0.1, 0.15) is 11.5 Å². The smallest absolute Gasteiger partial charge is 0.120 e. The van der Waals surface area contributed by atoms with Gasteiger partial charge in [-0.05, 0) is 50.6 Å². The first-order valence-corrected chi connectivity index (χ1v) is 6.93. The molecule has 2 atom stereocenters. The fourth-order valence-corrected chi connectivity index (χ4v) is 2.43. The first-order chi connectivity index (χ1) is 8.56. The molecule has 0 spiro atoms. The predicted molar refractivity (Wildman–Crippen MR) is 77.6 cm³/mol. The van der Waals surface area contributed by atoms with Crippen LogP contribution in [0.25, 0.3) is 0 Å². The molecule has 1 aromatic carbocycles.